The molecule has 2 N–H and O–H groups in total. The molecule has 2 aliphatic rings. The Morgan fingerprint density at radius 1 is 1.07 bits per heavy atom. The van der Waals surface area contributed by atoms with E-state index in [4.69, 9.17) is 9.47 Å². The highest BCUT2D eigenvalue weighted by Gasteiger charge is 2.31. The summed E-state index contributed by atoms with van der Waals surface area (Å²) in [5, 5.41) is 17.1. The number of aromatic nitrogens is 4. The number of hydrogen-bond donors (Lipinski definition) is 2. The SMILES string of the molecule is COc1cc2c(Oc3ccc(C(C4CCCCC4)N4CCCCC4)cc3)c(C(=O)Nc3nn[nH]n3)sc2cc1C. The van der Waals surface area contributed by atoms with E-state index in [1.54, 1.807) is 7.11 Å². The highest BCUT2D eigenvalue weighted by molar-refractivity contribution is 7.21. The second-order valence-corrected chi connectivity index (χ2v) is 11.9. The van der Waals surface area contributed by atoms with E-state index in [-0.39, 0.29) is 11.9 Å². The molecule has 1 saturated heterocycles. The van der Waals surface area contributed by atoms with Gasteiger partial charge in [0.15, 0.2) is 5.75 Å². The molecule has 1 unspecified atom stereocenters. The van der Waals surface area contributed by atoms with Crippen LogP contribution in [0.5, 0.6) is 17.2 Å². The number of aromatic amines is 1. The second-order valence-electron chi connectivity index (χ2n) is 10.9. The topological polar surface area (TPSA) is 105 Å². The molecule has 2 aromatic heterocycles. The fourth-order valence-corrected chi connectivity index (χ4v) is 7.43. The van der Waals surface area contributed by atoms with Crippen molar-refractivity contribution < 1.29 is 14.3 Å². The third-order valence-electron chi connectivity index (χ3n) is 8.26. The summed E-state index contributed by atoms with van der Waals surface area (Å²) in [7, 11) is 1.65. The molecule has 0 radical (unpaired) electrons. The molecule has 1 atom stereocenters. The normalized spacial score (nSPS) is 17.6. The number of aryl methyl sites for hydroxylation is 1. The Bertz CT molecular complexity index is 1420. The lowest BCUT2D eigenvalue weighted by molar-refractivity contribution is 0.0965. The number of carbonyl (C=O) groups excluding carboxylic acids is 1. The van der Waals surface area contributed by atoms with Gasteiger partial charge in [-0.3, -0.25) is 15.0 Å². The van der Waals surface area contributed by atoms with Crippen molar-refractivity contribution in [3.63, 3.8) is 0 Å². The van der Waals surface area contributed by atoms with Crippen LogP contribution in [-0.2, 0) is 0 Å². The van der Waals surface area contributed by atoms with Crippen LogP contribution in [0, 0.1) is 12.8 Å². The molecule has 40 heavy (non-hydrogen) atoms. The van der Waals surface area contributed by atoms with Crippen LogP contribution in [0.25, 0.3) is 10.1 Å². The molecule has 4 aromatic rings. The number of rotatable bonds is 8. The number of ether oxygens (including phenoxy) is 2. The molecule has 1 saturated carbocycles. The van der Waals surface area contributed by atoms with Crippen molar-refractivity contribution in [3.8, 4) is 17.2 Å². The zero-order chi connectivity index (χ0) is 27.5. The summed E-state index contributed by atoms with van der Waals surface area (Å²) in [6, 6.07) is 13.0. The van der Waals surface area contributed by atoms with Gasteiger partial charge in [-0.15, -0.1) is 16.4 Å². The molecule has 2 fully saturated rings. The Labute approximate surface area is 238 Å². The van der Waals surface area contributed by atoms with Crippen molar-refractivity contribution >= 4 is 33.3 Å². The van der Waals surface area contributed by atoms with Crippen molar-refractivity contribution in [1.82, 2.24) is 25.5 Å². The number of anilines is 1. The van der Waals surface area contributed by atoms with Crippen molar-refractivity contribution in [2.75, 3.05) is 25.5 Å². The van der Waals surface area contributed by atoms with E-state index in [0.717, 1.165) is 21.4 Å². The average Bonchev–Trinajstić information content (AvgIpc) is 3.62. The molecule has 9 nitrogen and oxygen atoms in total. The number of fused-ring (bicyclic) bond motifs is 1. The number of piperidine rings is 1. The minimum atomic E-state index is -0.353. The van der Waals surface area contributed by atoms with E-state index >= 15 is 0 Å². The molecule has 1 amide bonds. The first-order valence-corrected chi connectivity index (χ1v) is 15.1. The summed E-state index contributed by atoms with van der Waals surface area (Å²) in [5.74, 6) is 2.39. The van der Waals surface area contributed by atoms with Gasteiger partial charge in [-0.1, -0.05) is 42.9 Å². The summed E-state index contributed by atoms with van der Waals surface area (Å²) in [5.41, 5.74) is 2.35. The third-order valence-corrected chi connectivity index (χ3v) is 9.39. The number of hydrogen-bond acceptors (Lipinski definition) is 8. The number of likely N-dealkylation sites (tertiary alicyclic amines) is 1. The monoisotopic (exact) mass is 560 g/mol. The lowest BCUT2D eigenvalue weighted by atomic mass is 9.80. The average molecular weight is 561 g/mol. The fraction of sp³-hybridized carbons (Fsp3) is 0.467. The molecule has 1 aliphatic heterocycles. The quantitative estimate of drug-likeness (QED) is 0.242. The van der Waals surface area contributed by atoms with Crippen molar-refractivity contribution in [3.05, 3.63) is 52.4 Å². The summed E-state index contributed by atoms with van der Waals surface area (Å²) in [4.78, 5) is 16.4. The van der Waals surface area contributed by atoms with Crippen LogP contribution in [0.2, 0.25) is 0 Å². The van der Waals surface area contributed by atoms with Crippen LogP contribution < -0.4 is 14.8 Å². The number of nitrogens with zero attached hydrogens (tertiary/aromatic N) is 4. The van der Waals surface area contributed by atoms with Gasteiger partial charge in [0.1, 0.15) is 16.4 Å². The van der Waals surface area contributed by atoms with E-state index < -0.39 is 0 Å². The second kappa shape index (κ2) is 11.9. The van der Waals surface area contributed by atoms with Gasteiger partial charge >= 0.3 is 0 Å². The first-order chi connectivity index (χ1) is 19.6. The predicted octanol–water partition coefficient (Wildman–Crippen LogP) is 6.88. The highest BCUT2D eigenvalue weighted by atomic mass is 32.1. The van der Waals surface area contributed by atoms with Gasteiger partial charge in [-0.25, -0.2) is 0 Å². The van der Waals surface area contributed by atoms with E-state index in [2.05, 4.69) is 43.0 Å². The van der Waals surface area contributed by atoms with Crippen molar-refractivity contribution in [2.24, 2.45) is 5.92 Å². The molecular formula is C30H36N6O3S. The first kappa shape index (κ1) is 26.7. The zero-order valence-electron chi connectivity index (χ0n) is 23.1. The lowest BCUT2D eigenvalue weighted by Gasteiger charge is -2.41. The van der Waals surface area contributed by atoms with Crippen LogP contribution in [0.15, 0.2) is 36.4 Å². The molecule has 2 aromatic carbocycles. The van der Waals surface area contributed by atoms with Crippen LogP contribution in [0.3, 0.4) is 0 Å². The number of nitrogens with one attached hydrogen (secondary N) is 2. The summed E-state index contributed by atoms with van der Waals surface area (Å²) in [6.07, 6.45) is 10.5. The Balaban J connectivity index is 1.32. The predicted molar refractivity (Wildman–Crippen MR) is 157 cm³/mol. The maximum Gasteiger partial charge on any atom is 0.272 e. The van der Waals surface area contributed by atoms with Gasteiger partial charge in [-0.2, -0.15) is 5.21 Å². The number of carbonyl (C=O) groups is 1. The summed E-state index contributed by atoms with van der Waals surface area (Å²) >= 11 is 1.37. The Morgan fingerprint density at radius 2 is 1.82 bits per heavy atom. The Kier molecular flexibility index (Phi) is 7.97. The van der Waals surface area contributed by atoms with Crippen LogP contribution >= 0.6 is 11.3 Å². The maximum absolute atomic E-state index is 13.3. The minimum Gasteiger partial charge on any atom is -0.496 e. The van der Waals surface area contributed by atoms with Crippen molar-refractivity contribution in [2.45, 2.75) is 64.3 Å². The number of tetrazole rings is 1. The molecule has 1 aliphatic carbocycles. The van der Waals surface area contributed by atoms with Gasteiger partial charge in [-0.05, 0) is 92.2 Å². The maximum atomic E-state index is 13.3. The van der Waals surface area contributed by atoms with E-state index in [0.29, 0.717) is 28.3 Å². The number of methoxy groups -OCH3 is 1. The summed E-state index contributed by atoms with van der Waals surface area (Å²) < 4.78 is 13.0. The van der Waals surface area contributed by atoms with Gasteiger partial charge < -0.3 is 9.47 Å². The molecule has 3 heterocycles. The smallest absolute Gasteiger partial charge is 0.272 e. The van der Waals surface area contributed by atoms with Gasteiger partial charge in [0.05, 0.1) is 7.11 Å². The molecular weight excluding hydrogens is 524 g/mol. The molecule has 210 valence electrons. The van der Waals surface area contributed by atoms with Crippen LogP contribution in [0.1, 0.15) is 78.2 Å². The van der Waals surface area contributed by atoms with Gasteiger partial charge in [0.2, 0.25) is 0 Å². The number of amides is 1. The number of benzene rings is 2. The van der Waals surface area contributed by atoms with E-state index in [9.17, 15) is 4.79 Å². The largest absolute Gasteiger partial charge is 0.496 e. The van der Waals surface area contributed by atoms with Crippen LogP contribution in [0.4, 0.5) is 5.95 Å². The molecule has 0 spiro atoms. The van der Waals surface area contributed by atoms with Crippen LogP contribution in [-0.4, -0.2) is 51.6 Å². The zero-order valence-corrected chi connectivity index (χ0v) is 23.9. The van der Waals surface area contributed by atoms with Gasteiger partial charge in [0, 0.05) is 16.1 Å². The molecule has 0 bridgehead atoms. The molecule has 6 rings (SSSR count). The lowest BCUT2D eigenvalue weighted by Crippen LogP contribution is -2.38. The molecule has 10 heteroatoms. The third kappa shape index (κ3) is 5.55. The van der Waals surface area contributed by atoms with E-state index in [1.807, 2.05) is 31.2 Å². The number of thiophene rings is 1. The number of H-pyrrole nitrogens is 1. The van der Waals surface area contributed by atoms with E-state index in [1.165, 1.54) is 81.4 Å². The minimum absolute atomic E-state index is 0.109. The van der Waals surface area contributed by atoms with Crippen molar-refractivity contribution in [1.29, 1.82) is 0 Å². The Hall–Kier alpha value is -3.50. The highest BCUT2D eigenvalue weighted by Crippen LogP contribution is 2.44. The standard InChI is InChI=1S/C30H36N6O3S/c1-19-17-25-23(18-24(19)38-2)27(28(40-25)29(37)31-30-32-34-35-33-30)39-22-13-11-21(12-14-22)26(20-9-5-3-6-10-20)36-15-7-4-8-16-36/h11-14,17-18,20,26H,3-10,15-16H2,1-2H3,(H2,31,32,33,34,35,37). The Morgan fingerprint density at radius 3 is 2.52 bits per heavy atom. The fourth-order valence-electron chi connectivity index (χ4n) is 6.32. The summed E-state index contributed by atoms with van der Waals surface area (Å²) in [6.45, 7) is 4.35. The first-order valence-electron chi connectivity index (χ1n) is 14.3. The van der Waals surface area contributed by atoms with Gasteiger partial charge in [0.25, 0.3) is 11.9 Å².